The highest BCUT2D eigenvalue weighted by atomic mass is 32.1. The van der Waals surface area contributed by atoms with E-state index in [-0.39, 0.29) is 11.3 Å². The number of thiol groups is 1. The van der Waals surface area contributed by atoms with Crippen molar-refractivity contribution < 1.29 is 4.79 Å². The summed E-state index contributed by atoms with van der Waals surface area (Å²) < 4.78 is 0. The molecule has 16 heavy (non-hydrogen) atoms. The summed E-state index contributed by atoms with van der Waals surface area (Å²) in [5, 5.41) is 3.14. The van der Waals surface area contributed by atoms with Crippen molar-refractivity contribution in [3.63, 3.8) is 0 Å². The molecule has 1 saturated carbocycles. The molecule has 0 aliphatic heterocycles. The molecule has 0 spiro atoms. The van der Waals surface area contributed by atoms with Gasteiger partial charge in [0.1, 0.15) is 0 Å². The zero-order valence-corrected chi connectivity index (χ0v) is 11.6. The molecular weight excluding hydrogens is 218 g/mol. The molecule has 3 heteroatoms. The number of hydrogen-bond donors (Lipinski definition) is 2. The number of carbonyl (C=O) groups excluding carboxylic acids is 1. The lowest BCUT2D eigenvalue weighted by Crippen LogP contribution is -2.38. The number of amides is 1. The predicted molar refractivity (Wildman–Crippen MR) is 71.8 cm³/mol. The molecule has 94 valence electrons. The van der Waals surface area contributed by atoms with Crippen LogP contribution in [-0.4, -0.2) is 17.7 Å². The fraction of sp³-hybridized carbons (Fsp3) is 0.923. The largest absolute Gasteiger partial charge is 0.353 e. The van der Waals surface area contributed by atoms with Crippen LogP contribution in [0.25, 0.3) is 0 Å². The van der Waals surface area contributed by atoms with Crippen LogP contribution in [0.5, 0.6) is 0 Å². The third-order valence-corrected chi connectivity index (χ3v) is 4.64. The fourth-order valence-electron chi connectivity index (χ4n) is 2.33. The monoisotopic (exact) mass is 243 g/mol. The SMILES string of the molecule is CCC(CC)C(C)NC(=O)CC1(CS)CC1. The maximum Gasteiger partial charge on any atom is 0.220 e. The van der Waals surface area contributed by atoms with Crippen LogP contribution in [-0.2, 0) is 4.79 Å². The Balaban J connectivity index is 2.33. The molecule has 1 atom stereocenters. The van der Waals surface area contributed by atoms with E-state index in [1.165, 1.54) is 12.8 Å². The first kappa shape index (κ1) is 13.9. The van der Waals surface area contributed by atoms with Crippen LogP contribution in [0.1, 0.15) is 52.9 Å². The summed E-state index contributed by atoms with van der Waals surface area (Å²) in [7, 11) is 0. The molecule has 0 radical (unpaired) electrons. The second kappa shape index (κ2) is 5.95. The standard InChI is InChI=1S/C13H25NOS/c1-4-11(5-2)10(3)14-12(15)8-13(9-16)6-7-13/h10-11,16H,4-9H2,1-3H3,(H,14,15). The fourth-order valence-corrected chi connectivity index (χ4v) is 2.75. The van der Waals surface area contributed by atoms with Crippen LogP contribution in [0.2, 0.25) is 0 Å². The summed E-state index contributed by atoms with van der Waals surface area (Å²) in [6, 6.07) is 0.304. The van der Waals surface area contributed by atoms with Crippen molar-refractivity contribution in [2.45, 2.75) is 58.9 Å². The second-order valence-electron chi connectivity index (χ2n) is 5.27. The van der Waals surface area contributed by atoms with Crippen molar-refractivity contribution >= 4 is 18.5 Å². The topological polar surface area (TPSA) is 29.1 Å². The van der Waals surface area contributed by atoms with E-state index in [2.05, 4.69) is 38.7 Å². The van der Waals surface area contributed by atoms with Crippen molar-refractivity contribution in [3.05, 3.63) is 0 Å². The highest BCUT2D eigenvalue weighted by Crippen LogP contribution is 2.49. The van der Waals surface area contributed by atoms with Gasteiger partial charge in [0.15, 0.2) is 0 Å². The first-order chi connectivity index (χ1) is 7.56. The summed E-state index contributed by atoms with van der Waals surface area (Å²) in [4.78, 5) is 11.9. The Hall–Kier alpha value is -0.180. The van der Waals surface area contributed by atoms with E-state index in [4.69, 9.17) is 0 Å². The molecule has 0 aromatic rings. The third kappa shape index (κ3) is 3.69. The first-order valence-electron chi connectivity index (χ1n) is 6.47. The molecule has 1 aliphatic carbocycles. The molecule has 1 rings (SSSR count). The summed E-state index contributed by atoms with van der Waals surface area (Å²) in [5.41, 5.74) is 0.237. The van der Waals surface area contributed by atoms with Gasteiger partial charge in [-0.15, -0.1) is 0 Å². The van der Waals surface area contributed by atoms with E-state index in [1.54, 1.807) is 0 Å². The van der Waals surface area contributed by atoms with Crippen molar-refractivity contribution in [2.75, 3.05) is 5.75 Å². The molecule has 1 fully saturated rings. The maximum absolute atomic E-state index is 11.9. The van der Waals surface area contributed by atoms with Gasteiger partial charge in [-0.3, -0.25) is 4.79 Å². The Kier molecular flexibility index (Phi) is 5.16. The second-order valence-corrected chi connectivity index (χ2v) is 5.58. The van der Waals surface area contributed by atoms with Crippen LogP contribution in [0, 0.1) is 11.3 Å². The van der Waals surface area contributed by atoms with Crippen LogP contribution >= 0.6 is 12.6 Å². The molecule has 1 amide bonds. The molecule has 1 aliphatic rings. The molecule has 1 N–H and O–H groups in total. The van der Waals surface area contributed by atoms with Gasteiger partial charge in [-0.05, 0) is 36.9 Å². The van der Waals surface area contributed by atoms with E-state index < -0.39 is 0 Å². The minimum Gasteiger partial charge on any atom is -0.353 e. The third-order valence-electron chi connectivity index (χ3n) is 3.97. The quantitative estimate of drug-likeness (QED) is 0.661. The molecule has 1 unspecified atom stereocenters. The van der Waals surface area contributed by atoms with Crippen LogP contribution < -0.4 is 5.32 Å². The van der Waals surface area contributed by atoms with Gasteiger partial charge in [-0.25, -0.2) is 0 Å². The lowest BCUT2D eigenvalue weighted by Gasteiger charge is -2.23. The summed E-state index contributed by atoms with van der Waals surface area (Å²) in [5.74, 6) is 1.67. The van der Waals surface area contributed by atoms with Gasteiger partial charge in [-0.2, -0.15) is 12.6 Å². The molecular formula is C13H25NOS. The van der Waals surface area contributed by atoms with Crippen LogP contribution in [0.4, 0.5) is 0 Å². The maximum atomic E-state index is 11.9. The smallest absolute Gasteiger partial charge is 0.220 e. The van der Waals surface area contributed by atoms with Crippen molar-refractivity contribution in [2.24, 2.45) is 11.3 Å². The highest BCUT2D eigenvalue weighted by molar-refractivity contribution is 7.80. The first-order valence-corrected chi connectivity index (χ1v) is 7.10. The molecule has 0 bridgehead atoms. The zero-order valence-electron chi connectivity index (χ0n) is 10.8. The van der Waals surface area contributed by atoms with E-state index in [0.717, 1.165) is 18.6 Å². The number of hydrogen-bond acceptors (Lipinski definition) is 2. The van der Waals surface area contributed by atoms with Crippen LogP contribution in [0.15, 0.2) is 0 Å². The van der Waals surface area contributed by atoms with Crippen molar-refractivity contribution in [3.8, 4) is 0 Å². The zero-order chi connectivity index (χ0) is 12.2. The summed E-state index contributed by atoms with van der Waals surface area (Å²) >= 11 is 4.33. The molecule has 0 saturated heterocycles. The van der Waals surface area contributed by atoms with Gasteiger partial charge in [0.25, 0.3) is 0 Å². The van der Waals surface area contributed by atoms with E-state index in [9.17, 15) is 4.79 Å². The Labute approximate surface area is 105 Å². The van der Waals surface area contributed by atoms with Gasteiger partial charge >= 0.3 is 0 Å². The van der Waals surface area contributed by atoms with E-state index in [1.807, 2.05) is 0 Å². The molecule has 0 aromatic carbocycles. The minimum absolute atomic E-state index is 0.214. The van der Waals surface area contributed by atoms with Gasteiger partial charge in [-0.1, -0.05) is 26.7 Å². The highest BCUT2D eigenvalue weighted by Gasteiger charge is 2.43. The number of rotatable bonds is 7. The predicted octanol–water partition coefficient (Wildman–Crippen LogP) is 3.03. The van der Waals surface area contributed by atoms with Crippen molar-refractivity contribution in [1.29, 1.82) is 0 Å². The number of nitrogens with one attached hydrogen (secondary N) is 1. The summed E-state index contributed by atoms with van der Waals surface area (Å²) in [6.45, 7) is 6.50. The van der Waals surface area contributed by atoms with Gasteiger partial charge in [0, 0.05) is 12.5 Å². The average molecular weight is 243 g/mol. The lowest BCUT2D eigenvalue weighted by atomic mass is 9.95. The van der Waals surface area contributed by atoms with Gasteiger partial charge in [0.2, 0.25) is 5.91 Å². The van der Waals surface area contributed by atoms with Gasteiger partial charge < -0.3 is 5.32 Å². The Morgan fingerprint density at radius 1 is 1.38 bits per heavy atom. The average Bonchev–Trinajstić information content (AvgIpc) is 3.00. The minimum atomic E-state index is 0.214. The van der Waals surface area contributed by atoms with Crippen LogP contribution in [0.3, 0.4) is 0 Å². The molecule has 2 nitrogen and oxygen atoms in total. The van der Waals surface area contributed by atoms with Gasteiger partial charge in [0.05, 0.1) is 0 Å². The Morgan fingerprint density at radius 3 is 2.31 bits per heavy atom. The van der Waals surface area contributed by atoms with Crippen molar-refractivity contribution in [1.82, 2.24) is 5.32 Å². The molecule has 0 heterocycles. The van der Waals surface area contributed by atoms with E-state index in [0.29, 0.717) is 18.4 Å². The normalized spacial score (nSPS) is 19.6. The van der Waals surface area contributed by atoms with E-state index >= 15 is 0 Å². The summed E-state index contributed by atoms with van der Waals surface area (Å²) in [6.07, 6.45) is 5.28. The lowest BCUT2D eigenvalue weighted by molar-refractivity contribution is -0.123. The Morgan fingerprint density at radius 2 is 1.94 bits per heavy atom. The Bertz CT molecular complexity index is 234. The molecule has 0 aromatic heterocycles. The number of carbonyl (C=O) groups is 1.